The molecule has 242 valence electrons. The van der Waals surface area contributed by atoms with Gasteiger partial charge in [0.15, 0.2) is 5.82 Å². The van der Waals surface area contributed by atoms with E-state index in [9.17, 15) is 9.50 Å². The molecule has 3 aromatic carbocycles. The first-order valence-corrected chi connectivity index (χ1v) is 16.8. The maximum Gasteiger partial charge on any atom is 0.319 e. The van der Waals surface area contributed by atoms with Gasteiger partial charge in [-0.2, -0.15) is 9.97 Å². The van der Waals surface area contributed by atoms with E-state index in [1.165, 1.54) is 18.2 Å². The van der Waals surface area contributed by atoms with Crippen LogP contribution in [0, 0.1) is 24.0 Å². The Labute approximate surface area is 271 Å². The summed E-state index contributed by atoms with van der Waals surface area (Å²) in [5.41, 5.74) is 2.15. The lowest BCUT2D eigenvalue weighted by Crippen LogP contribution is -2.51. The van der Waals surface area contributed by atoms with Gasteiger partial charge in [0, 0.05) is 54.5 Å². The first kappa shape index (κ1) is 29.1. The van der Waals surface area contributed by atoms with Crippen molar-refractivity contribution in [2.45, 2.75) is 75.2 Å². The van der Waals surface area contributed by atoms with Gasteiger partial charge >= 0.3 is 6.01 Å². The largest absolute Gasteiger partial charge is 0.508 e. The number of benzene rings is 3. The monoisotopic (exact) mass is 639 g/mol. The number of nitrogens with zero attached hydrogens (tertiary/aromatic N) is 4. The molecule has 1 aromatic heterocycles. The average Bonchev–Trinajstić information content (AvgIpc) is 3.83. The molecule has 4 fully saturated rings. The number of nitrogens with one attached hydrogen (secondary N) is 1. The summed E-state index contributed by atoms with van der Waals surface area (Å²) in [5.74, 6) is 1.91. The highest BCUT2D eigenvalue weighted by Gasteiger charge is 2.49. The Morgan fingerprint density at radius 1 is 1.04 bits per heavy atom. The number of alkyl halides is 1. The van der Waals surface area contributed by atoms with Crippen molar-refractivity contribution >= 4 is 27.5 Å². The number of hydrogen-bond donors (Lipinski definition) is 2. The summed E-state index contributed by atoms with van der Waals surface area (Å²) in [6, 6.07) is 6.52. The Bertz CT molecular complexity index is 2000. The fraction of sp³-hybridized carbons (Fsp3) is 0.459. The fourth-order valence-corrected chi connectivity index (χ4v) is 9.37. The minimum absolute atomic E-state index is 0.0236. The molecule has 10 heteroatoms. The van der Waals surface area contributed by atoms with Gasteiger partial charge in [-0.1, -0.05) is 12.0 Å². The number of phenolic OH excluding ortho intramolecular Hbond substituents is 1. The third kappa shape index (κ3) is 4.50. The maximum absolute atomic E-state index is 17.4. The summed E-state index contributed by atoms with van der Waals surface area (Å²) >= 11 is 0. The van der Waals surface area contributed by atoms with E-state index in [-0.39, 0.29) is 35.0 Å². The Morgan fingerprint density at radius 3 is 2.66 bits per heavy atom. The van der Waals surface area contributed by atoms with Gasteiger partial charge in [0.2, 0.25) is 0 Å². The molecule has 0 radical (unpaired) electrons. The number of terminal acetylenes is 1. The smallest absolute Gasteiger partial charge is 0.319 e. The van der Waals surface area contributed by atoms with Crippen LogP contribution < -0.4 is 15.0 Å². The van der Waals surface area contributed by atoms with Gasteiger partial charge in [0.05, 0.1) is 11.1 Å². The Hall–Kier alpha value is -4.07. The summed E-state index contributed by atoms with van der Waals surface area (Å²) in [4.78, 5) is 14.2. The van der Waals surface area contributed by atoms with Crippen LogP contribution in [0.1, 0.15) is 55.2 Å². The molecule has 5 heterocycles. The van der Waals surface area contributed by atoms with E-state index in [4.69, 9.17) is 21.1 Å². The van der Waals surface area contributed by atoms with Crippen molar-refractivity contribution in [2.75, 3.05) is 37.7 Å². The van der Waals surface area contributed by atoms with E-state index in [2.05, 4.69) is 21.0 Å². The molecule has 0 spiro atoms. The number of fused-ring (bicyclic) bond motifs is 7. The SMILES string of the molecule is C#Cc1c(F)ccc2cc(O)cc(-c3c4c(c5c(N6C[C@H]7CC[C@@H](C6)N7)nc(OC[C@@]67CCCN6C[C@H](F)C7)nc5c3F)CCC4)c12. The molecule has 2 bridgehead atoms. The molecule has 5 aliphatic rings. The van der Waals surface area contributed by atoms with E-state index in [1.54, 1.807) is 6.07 Å². The molecule has 0 saturated carbocycles. The summed E-state index contributed by atoms with van der Waals surface area (Å²) < 4.78 is 53.5. The second-order valence-electron chi connectivity index (χ2n) is 14.1. The van der Waals surface area contributed by atoms with Gasteiger partial charge in [-0.25, -0.2) is 13.2 Å². The van der Waals surface area contributed by atoms with Crippen LogP contribution in [-0.4, -0.2) is 76.6 Å². The molecule has 47 heavy (non-hydrogen) atoms. The Morgan fingerprint density at radius 2 is 1.85 bits per heavy atom. The van der Waals surface area contributed by atoms with Crippen molar-refractivity contribution in [3.63, 3.8) is 0 Å². The van der Waals surface area contributed by atoms with Crippen molar-refractivity contribution in [3.8, 4) is 35.2 Å². The van der Waals surface area contributed by atoms with Crippen molar-refractivity contribution in [1.82, 2.24) is 20.2 Å². The maximum atomic E-state index is 17.4. The Kier molecular flexibility index (Phi) is 6.64. The molecule has 4 atom stereocenters. The molecule has 4 aromatic rings. The van der Waals surface area contributed by atoms with Crippen molar-refractivity contribution in [1.29, 1.82) is 0 Å². The van der Waals surface area contributed by atoms with E-state index < -0.39 is 23.3 Å². The highest BCUT2D eigenvalue weighted by Crippen LogP contribution is 2.47. The highest BCUT2D eigenvalue weighted by molar-refractivity contribution is 6.06. The minimum atomic E-state index is -0.902. The molecule has 9 rings (SSSR count). The van der Waals surface area contributed by atoms with E-state index in [0.29, 0.717) is 65.4 Å². The quantitative estimate of drug-likeness (QED) is 0.268. The van der Waals surface area contributed by atoms with Crippen LogP contribution in [0.4, 0.5) is 19.0 Å². The lowest BCUT2D eigenvalue weighted by Gasteiger charge is -2.35. The van der Waals surface area contributed by atoms with Crippen molar-refractivity contribution in [3.05, 3.63) is 52.6 Å². The molecule has 1 aliphatic carbocycles. The van der Waals surface area contributed by atoms with Crippen LogP contribution in [0.3, 0.4) is 0 Å². The van der Waals surface area contributed by atoms with Crippen LogP contribution in [0.15, 0.2) is 24.3 Å². The lowest BCUT2D eigenvalue weighted by atomic mass is 9.88. The van der Waals surface area contributed by atoms with Crippen LogP contribution in [0.5, 0.6) is 11.8 Å². The summed E-state index contributed by atoms with van der Waals surface area (Å²) in [6.45, 7) is 2.94. The number of phenols is 1. The van der Waals surface area contributed by atoms with Crippen molar-refractivity contribution < 1.29 is 23.0 Å². The molecular formula is C37H36F3N5O2. The number of ether oxygens (including phenoxy) is 1. The van der Waals surface area contributed by atoms with Gasteiger partial charge in [0.25, 0.3) is 0 Å². The van der Waals surface area contributed by atoms with Crippen molar-refractivity contribution in [2.24, 2.45) is 0 Å². The summed E-state index contributed by atoms with van der Waals surface area (Å²) in [6.07, 6.45) is 11.4. The Balaban J connectivity index is 1.26. The molecule has 0 amide bonds. The van der Waals surface area contributed by atoms with Crippen LogP contribution in [0.25, 0.3) is 32.8 Å². The number of piperazine rings is 1. The first-order chi connectivity index (χ1) is 22.8. The molecule has 4 saturated heterocycles. The highest BCUT2D eigenvalue weighted by atomic mass is 19.1. The van der Waals surface area contributed by atoms with Gasteiger partial charge in [-0.15, -0.1) is 6.42 Å². The molecule has 2 N–H and O–H groups in total. The van der Waals surface area contributed by atoms with Gasteiger partial charge in [-0.3, -0.25) is 4.90 Å². The lowest BCUT2D eigenvalue weighted by molar-refractivity contribution is 0.107. The van der Waals surface area contributed by atoms with Gasteiger partial charge < -0.3 is 20.1 Å². The zero-order chi connectivity index (χ0) is 32.0. The topological polar surface area (TPSA) is 73.8 Å². The number of aryl methyl sites for hydroxylation is 1. The zero-order valence-electron chi connectivity index (χ0n) is 26.1. The second-order valence-corrected chi connectivity index (χ2v) is 14.1. The third-order valence-corrected chi connectivity index (χ3v) is 11.3. The van der Waals surface area contributed by atoms with Crippen LogP contribution >= 0.6 is 0 Å². The third-order valence-electron chi connectivity index (χ3n) is 11.3. The van der Waals surface area contributed by atoms with E-state index in [0.717, 1.165) is 62.9 Å². The van der Waals surface area contributed by atoms with E-state index >= 15 is 8.78 Å². The number of aromatic nitrogens is 2. The average molecular weight is 640 g/mol. The van der Waals surface area contributed by atoms with Crippen LogP contribution in [0.2, 0.25) is 0 Å². The van der Waals surface area contributed by atoms with Gasteiger partial charge in [0.1, 0.15) is 35.7 Å². The summed E-state index contributed by atoms with van der Waals surface area (Å²) in [7, 11) is 0. The number of hydrogen-bond acceptors (Lipinski definition) is 7. The standard InChI is InChI=1S/C37H36F3N5O2/c1-2-25-29(39)10-7-20-13-24(46)14-28(30(20)25)31-26-5-3-6-27(26)32-34(33(31)40)42-36(43-35(32)44-17-22-8-9-23(18-44)41-22)47-19-37-11-4-12-45(37)16-21(38)15-37/h1,7,10,13-14,21-23,41,46H,3-6,8-9,11-12,15-19H2/t21-,22-,23+,37+/m1/s1. The zero-order valence-corrected chi connectivity index (χ0v) is 26.1. The van der Waals surface area contributed by atoms with Gasteiger partial charge in [-0.05, 0) is 91.8 Å². The van der Waals surface area contributed by atoms with Crippen LogP contribution in [-0.2, 0) is 12.8 Å². The normalized spacial score (nSPS) is 26.7. The second kappa shape index (κ2) is 10.7. The summed E-state index contributed by atoms with van der Waals surface area (Å²) in [5, 5.41) is 16.0. The predicted molar refractivity (Wildman–Crippen MR) is 175 cm³/mol. The number of rotatable bonds is 5. The predicted octanol–water partition coefficient (Wildman–Crippen LogP) is 5.80. The molecule has 0 unspecified atom stereocenters. The molecule has 4 aliphatic heterocycles. The minimum Gasteiger partial charge on any atom is -0.508 e. The molecule has 7 nitrogen and oxygen atoms in total. The molecular weight excluding hydrogens is 603 g/mol. The van der Waals surface area contributed by atoms with E-state index in [1.807, 2.05) is 0 Å². The first-order valence-electron chi connectivity index (χ1n) is 16.8. The number of aromatic hydroxyl groups is 1. The number of halogens is 3. The fourth-order valence-electron chi connectivity index (χ4n) is 9.37. The number of anilines is 1.